The zero-order chi connectivity index (χ0) is 9.80. The van der Waals surface area contributed by atoms with E-state index < -0.39 is 0 Å². The van der Waals surface area contributed by atoms with E-state index >= 15 is 0 Å². The molecule has 1 aromatic heterocycles. The molecule has 0 radical (unpaired) electrons. The molecule has 3 N–H and O–H groups in total. The topological polar surface area (TPSA) is 67.2 Å². The summed E-state index contributed by atoms with van der Waals surface area (Å²) in [6.45, 7) is 4.47. The SMILES string of the molecule is NC(CN1CCOCC1)c1cn[nH]c1. The fourth-order valence-corrected chi connectivity index (χ4v) is 1.63. The molecular formula is C9H16N4O. The van der Waals surface area contributed by atoms with E-state index in [0.717, 1.165) is 38.4 Å². The fourth-order valence-electron chi connectivity index (χ4n) is 1.63. The van der Waals surface area contributed by atoms with Gasteiger partial charge in [-0.25, -0.2) is 0 Å². The molecule has 0 amide bonds. The summed E-state index contributed by atoms with van der Waals surface area (Å²) in [7, 11) is 0. The van der Waals surface area contributed by atoms with E-state index in [0.29, 0.717) is 0 Å². The smallest absolute Gasteiger partial charge is 0.0594 e. The minimum Gasteiger partial charge on any atom is -0.379 e. The number of nitrogens with two attached hydrogens (primary N) is 1. The lowest BCUT2D eigenvalue weighted by molar-refractivity contribution is 0.0352. The number of rotatable bonds is 3. The summed E-state index contributed by atoms with van der Waals surface area (Å²) in [5.74, 6) is 0. The Labute approximate surface area is 83.2 Å². The van der Waals surface area contributed by atoms with Crippen LogP contribution in [0.15, 0.2) is 12.4 Å². The Morgan fingerprint density at radius 2 is 2.36 bits per heavy atom. The standard InChI is InChI=1S/C9H16N4O/c10-9(8-5-11-12-6-8)7-13-1-3-14-4-2-13/h5-6,9H,1-4,7,10H2,(H,11,12). The molecule has 5 heteroatoms. The van der Waals surface area contributed by atoms with Gasteiger partial charge in [-0.2, -0.15) is 5.10 Å². The van der Waals surface area contributed by atoms with Crippen molar-refractivity contribution in [3.8, 4) is 0 Å². The number of H-pyrrole nitrogens is 1. The lowest BCUT2D eigenvalue weighted by atomic mass is 10.1. The third-order valence-electron chi connectivity index (χ3n) is 2.51. The van der Waals surface area contributed by atoms with E-state index in [9.17, 15) is 0 Å². The van der Waals surface area contributed by atoms with Crippen LogP contribution in [0, 0.1) is 0 Å². The lowest BCUT2D eigenvalue weighted by Crippen LogP contribution is -2.40. The number of nitrogens with zero attached hydrogens (tertiary/aromatic N) is 2. The number of ether oxygens (including phenoxy) is 1. The second-order valence-electron chi connectivity index (χ2n) is 3.55. The fraction of sp³-hybridized carbons (Fsp3) is 0.667. The number of hydrogen-bond donors (Lipinski definition) is 2. The summed E-state index contributed by atoms with van der Waals surface area (Å²) in [6, 6.07) is 0.0480. The first-order valence-corrected chi connectivity index (χ1v) is 4.90. The van der Waals surface area contributed by atoms with E-state index in [-0.39, 0.29) is 6.04 Å². The molecule has 1 atom stereocenters. The van der Waals surface area contributed by atoms with E-state index in [2.05, 4.69) is 15.1 Å². The Hall–Kier alpha value is -0.910. The minimum atomic E-state index is 0.0480. The number of nitrogens with one attached hydrogen (secondary N) is 1. The molecule has 0 bridgehead atoms. The second-order valence-corrected chi connectivity index (χ2v) is 3.55. The maximum Gasteiger partial charge on any atom is 0.0594 e. The summed E-state index contributed by atoms with van der Waals surface area (Å²) >= 11 is 0. The van der Waals surface area contributed by atoms with Gasteiger partial charge in [0.05, 0.1) is 19.4 Å². The summed E-state index contributed by atoms with van der Waals surface area (Å²) in [5, 5.41) is 6.66. The van der Waals surface area contributed by atoms with Gasteiger partial charge >= 0.3 is 0 Å². The Morgan fingerprint density at radius 1 is 1.57 bits per heavy atom. The van der Waals surface area contributed by atoms with Crippen LogP contribution in [0.5, 0.6) is 0 Å². The maximum absolute atomic E-state index is 6.03. The highest BCUT2D eigenvalue weighted by Gasteiger charge is 2.15. The van der Waals surface area contributed by atoms with Crippen molar-refractivity contribution in [1.82, 2.24) is 15.1 Å². The second kappa shape index (κ2) is 4.54. The summed E-state index contributed by atoms with van der Waals surface area (Å²) in [6.07, 6.45) is 3.64. The van der Waals surface area contributed by atoms with Gasteiger partial charge in [-0.15, -0.1) is 0 Å². The third-order valence-corrected chi connectivity index (χ3v) is 2.51. The van der Waals surface area contributed by atoms with Crippen molar-refractivity contribution in [2.75, 3.05) is 32.8 Å². The van der Waals surface area contributed by atoms with Crippen molar-refractivity contribution in [3.63, 3.8) is 0 Å². The highest BCUT2D eigenvalue weighted by Crippen LogP contribution is 2.10. The Morgan fingerprint density at radius 3 is 3.00 bits per heavy atom. The molecule has 2 rings (SSSR count). The maximum atomic E-state index is 6.03. The van der Waals surface area contributed by atoms with Gasteiger partial charge in [-0.05, 0) is 0 Å². The highest BCUT2D eigenvalue weighted by molar-refractivity contribution is 5.08. The van der Waals surface area contributed by atoms with Gasteiger partial charge in [-0.1, -0.05) is 0 Å². The van der Waals surface area contributed by atoms with Crippen molar-refractivity contribution in [2.24, 2.45) is 5.73 Å². The van der Waals surface area contributed by atoms with Gasteiger partial charge < -0.3 is 10.5 Å². The van der Waals surface area contributed by atoms with Gasteiger partial charge in [0.15, 0.2) is 0 Å². The van der Waals surface area contributed by atoms with Crippen LogP contribution in [0.4, 0.5) is 0 Å². The molecule has 1 aliphatic heterocycles. The first-order valence-electron chi connectivity index (χ1n) is 4.90. The third kappa shape index (κ3) is 2.31. The average Bonchev–Trinajstić information content (AvgIpc) is 2.72. The van der Waals surface area contributed by atoms with E-state index in [4.69, 9.17) is 10.5 Å². The summed E-state index contributed by atoms with van der Waals surface area (Å²) in [4.78, 5) is 2.32. The molecule has 1 aliphatic rings. The van der Waals surface area contributed by atoms with Crippen molar-refractivity contribution >= 4 is 0 Å². The van der Waals surface area contributed by atoms with Gasteiger partial charge in [0.1, 0.15) is 0 Å². The van der Waals surface area contributed by atoms with Crippen molar-refractivity contribution in [3.05, 3.63) is 18.0 Å². The van der Waals surface area contributed by atoms with Crippen LogP contribution in [0.2, 0.25) is 0 Å². The largest absolute Gasteiger partial charge is 0.379 e. The number of aromatic amines is 1. The van der Waals surface area contributed by atoms with Crippen molar-refractivity contribution < 1.29 is 4.74 Å². The monoisotopic (exact) mass is 196 g/mol. The molecule has 1 fully saturated rings. The van der Waals surface area contributed by atoms with Crippen molar-refractivity contribution in [1.29, 1.82) is 0 Å². The molecule has 1 aromatic rings. The average molecular weight is 196 g/mol. The van der Waals surface area contributed by atoms with Crippen molar-refractivity contribution in [2.45, 2.75) is 6.04 Å². The first kappa shape index (κ1) is 9.64. The van der Waals surface area contributed by atoms with Crippen LogP contribution in [0.1, 0.15) is 11.6 Å². The highest BCUT2D eigenvalue weighted by atomic mass is 16.5. The van der Waals surface area contributed by atoms with Gasteiger partial charge in [0, 0.05) is 37.4 Å². The molecule has 0 aliphatic carbocycles. The van der Waals surface area contributed by atoms with Gasteiger partial charge in [0.2, 0.25) is 0 Å². The zero-order valence-electron chi connectivity index (χ0n) is 8.15. The number of aromatic nitrogens is 2. The van der Waals surface area contributed by atoms with Crippen LogP contribution < -0.4 is 5.73 Å². The summed E-state index contributed by atoms with van der Waals surface area (Å²) < 4.78 is 5.27. The minimum absolute atomic E-state index is 0.0480. The Bertz CT molecular complexity index is 256. The Kier molecular flexibility index (Phi) is 3.13. The predicted molar refractivity (Wildman–Crippen MR) is 52.8 cm³/mol. The molecule has 1 saturated heterocycles. The number of hydrogen-bond acceptors (Lipinski definition) is 4. The van der Waals surface area contributed by atoms with Crippen LogP contribution in [0.3, 0.4) is 0 Å². The molecule has 0 saturated carbocycles. The summed E-state index contributed by atoms with van der Waals surface area (Å²) in [5.41, 5.74) is 7.09. The predicted octanol–water partition coefficient (Wildman–Crippen LogP) is -0.258. The quantitative estimate of drug-likeness (QED) is 0.699. The van der Waals surface area contributed by atoms with Crippen LogP contribution >= 0.6 is 0 Å². The van der Waals surface area contributed by atoms with Crippen LogP contribution in [0.25, 0.3) is 0 Å². The lowest BCUT2D eigenvalue weighted by Gasteiger charge is -2.28. The zero-order valence-corrected chi connectivity index (χ0v) is 8.15. The molecule has 2 heterocycles. The molecule has 78 valence electrons. The van der Waals surface area contributed by atoms with Crippen LogP contribution in [-0.2, 0) is 4.74 Å². The molecule has 0 spiro atoms. The molecule has 1 unspecified atom stereocenters. The van der Waals surface area contributed by atoms with Crippen LogP contribution in [-0.4, -0.2) is 47.9 Å². The molecule has 0 aromatic carbocycles. The first-order chi connectivity index (χ1) is 6.86. The van der Waals surface area contributed by atoms with E-state index in [1.54, 1.807) is 6.20 Å². The van der Waals surface area contributed by atoms with E-state index in [1.165, 1.54) is 0 Å². The molecular weight excluding hydrogens is 180 g/mol. The van der Waals surface area contributed by atoms with Gasteiger partial charge in [-0.3, -0.25) is 10.00 Å². The van der Waals surface area contributed by atoms with Gasteiger partial charge in [0.25, 0.3) is 0 Å². The Balaban J connectivity index is 1.84. The molecule has 5 nitrogen and oxygen atoms in total. The normalized spacial score (nSPS) is 20.9. The van der Waals surface area contributed by atoms with E-state index in [1.807, 2.05) is 6.20 Å². The molecule has 14 heavy (non-hydrogen) atoms. The number of morpholine rings is 1.